The Morgan fingerprint density at radius 2 is 1.39 bits per heavy atom. The molecule has 59 heavy (non-hydrogen) atoms. The highest BCUT2D eigenvalue weighted by atomic mass is 16.5. The molecule has 0 bridgehead atoms. The van der Waals surface area contributed by atoms with Gasteiger partial charge in [-0.15, -0.1) is 0 Å². The smallest absolute Gasteiger partial charge is 0.330 e. The summed E-state index contributed by atoms with van der Waals surface area (Å²) in [5, 5.41) is 8.72. The first-order valence-electron chi connectivity index (χ1n) is 19.5. The molecular weight excluding hydrogens is 757 g/mol. The van der Waals surface area contributed by atoms with Gasteiger partial charge in [-0.3, -0.25) is 28.8 Å². The number of benzene rings is 3. The second kappa shape index (κ2) is 22.8. The van der Waals surface area contributed by atoms with Gasteiger partial charge in [0.1, 0.15) is 30.8 Å². The molecule has 0 saturated heterocycles. The normalized spacial score (nSPS) is 13.1. The van der Waals surface area contributed by atoms with E-state index in [1.54, 1.807) is 67.7 Å². The zero-order valence-corrected chi connectivity index (χ0v) is 33.5. The van der Waals surface area contributed by atoms with E-state index in [1.807, 2.05) is 37.3 Å². The molecule has 0 spiro atoms. The number of nitrogens with two attached hydrogens (primary N) is 1. The zero-order chi connectivity index (χ0) is 42.7. The number of aromatic amines is 1. The molecule has 312 valence electrons. The van der Waals surface area contributed by atoms with Crippen LogP contribution in [0.5, 0.6) is 0 Å². The van der Waals surface area contributed by atoms with E-state index >= 15 is 0 Å². The standard InChI is InChI=1S/C44H52N6O9/c1-4-6-21-37(50(3)44(57)36(47-38(51)22-23-39(52)58-5-2)25-31-27-46-33-20-14-13-19-32(31)33)43(56)49-35(26-40(53)59-28-30-17-11-8-12-18-30)42(55)48-34(41(45)54)24-29-15-9-7-10-16-29/h7-20,22-23,27,34-37,46H,4-6,21,24-26,28H2,1-3H3,(H2,45,54)(H,47,51)(H,48,55)(H,49,56)/b23-22+/t34-,35-,36-,37-/m0/s1. The minimum absolute atomic E-state index is 0.0164. The topological polar surface area (TPSA) is 219 Å². The number of esters is 2. The number of carbonyl (C=O) groups excluding carboxylic acids is 7. The van der Waals surface area contributed by atoms with E-state index in [-0.39, 0.29) is 32.5 Å². The van der Waals surface area contributed by atoms with Crippen molar-refractivity contribution in [3.8, 4) is 0 Å². The van der Waals surface area contributed by atoms with Crippen LogP contribution >= 0.6 is 0 Å². The van der Waals surface area contributed by atoms with Crippen LogP contribution in [0, 0.1) is 0 Å². The highest BCUT2D eigenvalue weighted by Crippen LogP contribution is 2.21. The number of rotatable bonds is 22. The first kappa shape index (κ1) is 44.9. The van der Waals surface area contributed by atoms with Gasteiger partial charge < -0.3 is 41.0 Å². The summed E-state index contributed by atoms with van der Waals surface area (Å²) in [6.07, 6.45) is 4.40. The van der Waals surface area contributed by atoms with Crippen molar-refractivity contribution in [2.75, 3.05) is 13.7 Å². The Labute approximate surface area is 343 Å². The average Bonchev–Trinajstić information content (AvgIpc) is 3.64. The van der Waals surface area contributed by atoms with Crippen LogP contribution in [0.25, 0.3) is 10.9 Å². The molecule has 4 atom stereocenters. The Bertz CT molecular complexity index is 2090. The largest absolute Gasteiger partial charge is 0.463 e. The molecule has 15 heteroatoms. The van der Waals surface area contributed by atoms with Crippen LogP contribution in [-0.2, 0) is 62.5 Å². The molecule has 1 aromatic heterocycles. The second-order valence-corrected chi connectivity index (χ2v) is 13.9. The highest BCUT2D eigenvalue weighted by Gasteiger charge is 2.35. The number of ether oxygens (including phenoxy) is 2. The van der Waals surface area contributed by atoms with Gasteiger partial charge in [-0.1, -0.05) is 98.6 Å². The molecule has 4 rings (SSSR count). The maximum Gasteiger partial charge on any atom is 0.330 e. The molecule has 4 aromatic rings. The van der Waals surface area contributed by atoms with Crippen molar-refractivity contribution in [1.82, 2.24) is 25.8 Å². The van der Waals surface area contributed by atoms with Crippen molar-refractivity contribution in [3.05, 3.63) is 120 Å². The van der Waals surface area contributed by atoms with Crippen molar-refractivity contribution < 1.29 is 43.0 Å². The summed E-state index contributed by atoms with van der Waals surface area (Å²) in [7, 11) is 1.41. The summed E-state index contributed by atoms with van der Waals surface area (Å²) in [6, 6.07) is 20.1. The number of unbranched alkanes of at least 4 members (excludes halogenated alkanes) is 1. The number of nitrogens with zero attached hydrogens (tertiary/aromatic N) is 1. The summed E-state index contributed by atoms with van der Waals surface area (Å²) in [5.41, 5.74) is 8.61. The van der Waals surface area contributed by atoms with Crippen LogP contribution in [-0.4, -0.2) is 89.2 Å². The highest BCUT2D eigenvalue weighted by molar-refractivity contribution is 5.99. The predicted molar refractivity (Wildman–Crippen MR) is 220 cm³/mol. The molecule has 0 aliphatic heterocycles. The Hall–Kier alpha value is -6.77. The van der Waals surface area contributed by atoms with Crippen molar-refractivity contribution in [1.29, 1.82) is 0 Å². The SMILES string of the molecule is CCCC[C@@H](C(=O)N[C@@H](CC(=O)OCc1ccccc1)C(=O)N[C@@H](Cc1ccccc1)C(N)=O)N(C)C(=O)[C@H](Cc1c[nH]c2ccccc12)NC(=O)/C=C/C(=O)OCC. The van der Waals surface area contributed by atoms with Crippen LogP contribution in [0.15, 0.2) is 103 Å². The number of carbonyl (C=O) groups is 7. The lowest BCUT2D eigenvalue weighted by molar-refractivity contribution is -0.148. The van der Waals surface area contributed by atoms with Crippen LogP contribution < -0.4 is 21.7 Å². The fourth-order valence-corrected chi connectivity index (χ4v) is 6.36. The van der Waals surface area contributed by atoms with Crippen LogP contribution in [0.4, 0.5) is 0 Å². The van der Waals surface area contributed by atoms with Gasteiger partial charge in [0, 0.05) is 49.1 Å². The summed E-state index contributed by atoms with van der Waals surface area (Å²) in [5.74, 6) is -5.38. The number of fused-ring (bicyclic) bond motifs is 1. The number of likely N-dealkylation sites (N-methyl/N-ethyl adjacent to an activating group) is 1. The molecule has 0 unspecified atom stereocenters. The molecule has 1 heterocycles. The number of nitrogens with one attached hydrogen (secondary N) is 4. The number of aromatic nitrogens is 1. The molecule has 0 aliphatic carbocycles. The van der Waals surface area contributed by atoms with E-state index in [0.29, 0.717) is 29.5 Å². The molecule has 0 radical (unpaired) electrons. The first-order valence-corrected chi connectivity index (χ1v) is 19.5. The average molecular weight is 809 g/mol. The van der Waals surface area contributed by atoms with Gasteiger partial charge in [0.25, 0.3) is 0 Å². The zero-order valence-electron chi connectivity index (χ0n) is 33.5. The monoisotopic (exact) mass is 808 g/mol. The van der Waals surface area contributed by atoms with Crippen LogP contribution in [0.1, 0.15) is 56.2 Å². The maximum absolute atomic E-state index is 14.4. The molecule has 0 aliphatic rings. The lowest BCUT2D eigenvalue weighted by Gasteiger charge is -2.32. The lowest BCUT2D eigenvalue weighted by atomic mass is 10.0. The van der Waals surface area contributed by atoms with E-state index in [1.165, 1.54) is 11.9 Å². The van der Waals surface area contributed by atoms with Crippen molar-refractivity contribution in [2.24, 2.45) is 5.73 Å². The van der Waals surface area contributed by atoms with Gasteiger partial charge in [0.15, 0.2) is 0 Å². The van der Waals surface area contributed by atoms with Crippen LogP contribution in [0.2, 0.25) is 0 Å². The van der Waals surface area contributed by atoms with E-state index in [4.69, 9.17) is 15.2 Å². The Morgan fingerprint density at radius 3 is 2.05 bits per heavy atom. The van der Waals surface area contributed by atoms with E-state index in [2.05, 4.69) is 20.9 Å². The summed E-state index contributed by atoms with van der Waals surface area (Å²) in [6.45, 7) is 3.55. The van der Waals surface area contributed by atoms with Gasteiger partial charge >= 0.3 is 11.9 Å². The van der Waals surface area contributed by atoms with E-state index in [9.17, 15) is 33.6 Å². The molecule has 5 amide bonds. The van der Waals surface area contributed by atoms with Gasteiger partial charge in [0.2, 0.25) is 29.5 Å². The third kappa shape index (κ3) is 14.0. The molecular formula is C44H52N6O9. The molecule has 0 fully saturated rings. The third-order valence-corrected chi connectivity index (χ3v) is 9.51. The summed E-state index contributed by atoms with van der Waals surface area (Å²) in [4.78, 5) is 97.6. The minimum Gasteiger partial charge on any atom is -0.463 e. The molecule has 0 saturated carbocycles. The fraction of sp³-hybridized carbons (Fsp3) is 0.341. The Kier molecular flexibility index (Phi) is 17.4. The predicted octanol–water partition coefficient (Wildman–Crippen LogP) is 3.16. The van der Waals surface area contributed by atoms with Gasteiger partial charge in [-0.25, -0.2) is 4.79 Å². The quantitative estimate of drug-likeness (QED) is 0.0581. The van der Waals surface area contributed by atoms with E-state index in [0.717, 1.165) is 23.1 Å². The second-order valence-electron chi connectivity index (χ2n) is 13.9. The van der Waals surface area contributed by atoms with E-state index < -0.39 is 72.1 Å². The number of hydrogen-bond acceptors (Lipinski definition) is 9. The molecule has 15 nitrogen and oxygen atoms in total. The summed E-state index contributed by atoms with van der Waals surface area (Å²) < 4.78 is 10.3. The third-order valence-electron chi connectivity index (χ3n) is 9.51. The Morgan fingerprint density at radius 1 is 0.746 bits per heavy atom. The minimum atomic E-state index is -1.54. The number of H-pyrrole nitrogens is 1. The first-order chi connectivity index (χ1) is 28.4. The van der Waals surface area contributed by atoms with Gasteiger partial charge in [0.05, 0.1) is 13.0 Å². The maximum atomic E-state index is 14.4. The Balaban J connectivity index is 1.60. The molecule has 6 N–H and O–H groups in total. The number of hydrogen-bond donors (Lipinski definition) is 5. The van der Waals surface area contributed by atoms with Gasteiger partial charge in [-0.2, -0.15) is 0 Å². The fourth-order valence-electron chi connectivity index (χ4n) is 6.36. The van der Waals surface area contributed by atoms with Gasteiger partial charge in [-0.05, 0) is 36.1 Å². The summed E-state index contributed by atoms with van der Waals surface area (Å²) >= 11 is 0. The lowest BCUT2D eigenvalue weighted by Crippen LogP contribution is -2.59. The van der Waals surface area contributed by atoms with Crippen molar-refractivity contribution in [2.45, 2.75) is 83.1 Å². The number of primary amides is 1. The number of para-hydroxylation sites is 1. The van der Waals surface area contributed by atoms with Crippen molar-refractivity contribution >= 4 is 52.4 Å². The molecule has 3 aromatic carbocycles. The van der Waals surface area contributed by atoms with Crippen molar-refractivity contribution in [3.63, 3.8) is 0 Å². The van der Waals surface area contributed by atoms with Crippen LogP contribution in [0.3, 0.4) is 0 Å². The number of amides is 5.